The highest BCUT2D eigenvalue weighted by atomic mass is 16.4. The Hall–Kier alpha value is -3.26. The number of carboxylic acids is 3. The third-order valence-corrected chi connectivity index (χ3v) is 4.58. The Kier molecular flexibility index (Phi) is 12.6. The van der Waals surface area contributed by atoms with E-state index in [2.05, 4.69) is 16.0 Å². The van der Waals surface area contributed by atoms with Crippen molar-refractivity contribution in [3.05, 3.63) is 0 Å². The molecule has 0 aliphatic rings. The Bertz CT molecular complexity index is 740. The molecule has 9 N–H and O–H groups in total. The van der Waals surface area contributed by atoms with Gasteiger partial charge in [0, 0.05) is 12.8 Å². The first kappa shape index (κ1) is 29.7. The first-order valence-corrected chi connectivity index (χ1v) is 10.2. The molecule has 0 rings (SSSR count). The van der Waals surface area contributed by atoms with Crippen LogP contribution >= 0.6 is 0 Å². The molecule has 0 aromatic rings. The Balaban J connectivity index is 5.32. The molecule has 3 amide bonds. The van der Waals surface area contributed by atoms with Crippen LogP contribution in [0.5, 0.6) is 0 Å². The lowest BCUT2D eigenvalue weighted by Crippen LogP contribution is -2.60. The largest absolute Gasteiger partial charge is 0.481 e. The highest BCUT2D eigenvalue weighted by molar-refractivity contribution is 5.94. The molecule has 0 unspecified atom stereocenters. The second kappa shape index (κ2) is 14.0. The average molecular weight is 476 g/mol. The number of rotatable bonds is 15. The summed E-state index contributed by atoms with van der Waals surface area (Å²) >= 11 is 0. The molecule has 0 spiro atoms. The summed E-state index contributed by atoms with van der Waals surface area (Å²) < 4.78 is 0. The number of aliphatic carboxylic acids is 3. The van der Waals surface area contributed by atoms with E-state index in [0.29, 0.717) is 0 Å². The van der Waals surface area contributed by atoms with Gasteiger partial charge in [0.1, 0.15) is 18.1 Å². The van der Waals surface area contributed by atoms with Gasteiger partial charge >= 0.3 is 17.9 Å². The number of carboxylic acid groups (broad SMARTS) is 3. The molecule has 0 aliphatic carbocycles. The highest BCUT2D eigenvalue weighted by Gasteiger charge is 2.33. The van der Waals surface area contributed by atoms with Crippen LogP contribution in [0, 0.1) is 5.92 Å². The summed E-state index contributed by atoms with van der Waals surface area (Å²) in [7, 11) is 0. The molecule has 14 heteroatoms. The van der Waals surface area contributed by atoms with E-state index in [-0.39, 0.29) is 12.8 Å². The topological polar surface area (TPSA) is 245 Å². The van der Waals surface area contributed by atoms with Crippen molar-refractivity contribution in [3.8, 4) is 0 Å². The maximum Gasteiger partial charge on any atom is 0.326 e. The van der Waals surface area contributed by atoms with E-state index in [1.165, 1.54) is 6.92 Å². The van der Waals surface area contributed by atoms with Gasteiger partial charge in [0.05, 0.1) is 12.1 Å². The zero-order chi connectivity index (χ0) is 25.9. The molecule has 5 atom stereocenters. The molecular formula is C19H32N4O10. The van der Waals surface area contributed by atoms with E-state index in [4.69, 9.17) is 15.9 Å². The molecule has 188 valence electrons. The minimum atomic E-state index is -1.61. The smallest absolute Gasteiger partial charge is 0.326 e. The van der Waals surface area contributed by atoms with Gasteiger partial charge in [-0.2, -0.15) is 0 Å². The third kappa shape index (κ3) is 11.2. The van der Waals surface area contributed by atoms with E-state index in [9.17, 15) is 39.0 Å². The SMILES string of the molecule is CC(C)[C@H](NC(=O)[C@@H](N)CCC(=O)O)C(=O)N[C@H](C(=O)N[C@@H](CCC(=O)O)C(=O)O)[C@@H](C)O. The van der Waals surface area contributed by atoms with E-state index < -0.39 is 84.7 Å². The first-order chi connectivity index (χ1) is 15.2. The Morgan fingerprint density at radius 3 is 1.61 bits per heavy atom. The monoisotopic (exact) mass is 476 g/mol. The predicted molar refractivity (Wildman–Crippen MR) is 112 cm³/mol. The third-order valence-electron chi connectivity index (χ3n) is 4.58. The number of aliphatic hydroxyl groups is 1. The predicted octanol–water partition coefficient (Wildman–Crippen LogP) is -2.38. The van der Waals surface area contributed by atoms with E-state index in [1.807, 2.05) is 0 Å². The lowest BCUT2D eigenvalue weighted by Gasteiger charge is -2.28. The molecule has 0 saturated heterocycles. The maximum absolute atomic E-state index is 12.7. The van der Waals surface area contributed by atoms with Crippen molar-refractivity contribution in [2.24, 2.45) is 11.7 Å². The number of hydrogen-bond donors (Lipinski definition) is 8. The van der Waals surface area contributed by atoms with Gasteiger partial charge in [0.15, 0.2) is 0 Å². The summed E-state index contributed by atoms with van der Waals surface area (Å²) in [6.07, 6.45) is -2.95. The van der Waals surface area contributed by atoms with Crippen molar-refractivity contribution in [1.29, 1.82) is 0 Å². The van der Waals surface area contributed by atoms with E-state index in [0.717, 1.165) is 0 Å². The summed E-state index contributed by atoms with van der Waals surface area (Å²) in [6, 6.07) is -5.58. The molecule has 14 nitrogen and oxygen atoms in total. The molecule has 0 aromatic carbocycles. The van der Waals surface area contributed by atoms with Gasteiger partial charge in [-0.05, 0) is 25.7 Å². The fourth-order valence-electron chi connectivity index (χ4n) is 2.64. The molecule has 33 heavy (non-hydrogen) atoms. The summed E-state index contributed by atoms with van der Waals surface area (Å²) in [6.45, 7) is 4.33. The summed E-state index contributed by atoms with van der Waals surface area (Å²) in [5.41, 5.74) is 5.64. The molecule has 0 radical (unpaired) electrons. The van der Waals surface area contributed by atoms with Crippen molar-refractivity contribution >= 4 is 35.6 Å². The lowest BCUT2D eigenvalue weighted by atomic mass is 10.0. The van der Waals surface area contributed by atoms with Crippen molar-refractivity contribution in [2.45, 2.75) is 76.7 Å². The Morgan fingerprint density at radius 1 is 0.727 bits per heavy atom. The number of carbonyl (C=O) groups excluding carboxylic acids is 3. The van der Waals surface area contributed by atoms with Crippen LogP contribution in [0.3, 0.4) is 0 Å². The van der Waals surface area contributed by atoms with Gasteiger partial charge < -0.3 is 42.1 Å². The van der Waals surface area contributed by atoms with Crippen molar-refractivity contribution in [3.63, 3.8) is 0 Å². The molecule has 0 fully saturated rings. The summed E-state index contributed by atoms with van der Waals surface area (Å²) in [4.78, 5) is 70.0. The van der Waals surface area contributed by atoms with Gasteiger partial charge in [0.2, 0.25) is 17.7 Å². The van der Waals surface area contributed by atoms with Gasteiger partial charge in [0.25, 0.3) is 0 Å². The van der Waals surface area contributed by atoms with Crippen LogP contribution in [0.1, 0.15) is 46.5 Å². The van der Waals surface area contributed by atoms with Crippen LogP contribution < -0.4 is 21.7 Å². The maximum atomic E-state index is 12.7. The molecule has 0 bridgehead atoms. The molecule has 0 aromatic heterocycles. The molecular weight excluding hydrogens is 444 g/mol. The van der Waals surface area contributed by atoms with Crippen LogP contribution in [-0.4, -0.2) is 86.3 Å². The normalized spacial score (nSPS) is 15.5. The standard InChI is InChI=1S/C19H32N4O10/c1-8(2)14(22-16(29)10(20)4-6-12(25)26)17(30)23-15(9(3)24)18(31)21-11(19(32)33)5-7-13(27)28/h8-11,14-15,24H,4-7,20H2,1-3H3,(H,21,31)(H,22,29)(H,23,30)(H,25,26)(H,27,28)(H,32,33)/t9-,10+,11+,14+,15+/m1/s1. The van der Waals surface area contributed by atoms with Crippen molar-refractivity contribution < 1.29 is 49.2 Å². The molecule has 0 aliphatic heterocycles. The van der Waals surface area contributed by atoms with Gasteiger partial charge in [-0.1, -0.05) is 13.8 Å². The first-order valence-electron chi connectivity index (χ1n) is 10.2. The van der Waals surface area contributed by atoms with Crippen LogP contribution in [0.2, 0.25) is 0 Å². The van der Waals surface area contributed by atoms with Gasteiger partial charge in [-0.3, -0.25) is 24.0 Å². The number of nitrogens with two attached hydrogens (primary N) is 1. The number of carbonyl (C=O) groups is 6. The number of aliphatic hydroxyl groups excluding tert-OH is 1. The van der Waals surface area contributed by atoms with Gasteiger partial charge in [-0.15, -0.1) is 0 Å². The van der Waals surface area contributed by atoms with E-state index in [1.54, 1.807) is 13.8 Å². The lowest BCUT2D eigenvalue weighted by molar-refractivity contribution is -0.144. The highest BCUT2D eigenvalue weighted by Crippen LogP contribution is 2.07. The van der Waals surface area contributed by atoms with Crippen LogP contribution in [0.4, 0.5) is 0 Å². The Morgan fingerprint density at radius 2 is 1.18 bits per heavy atom. The molecule has 0 heterocycles. The number of hydrogen-bond acceptors (Lipinski definition) is 8. The number of amides is 3. The Labute approximate surface area is 189 Å². The minimum Gasteiger partial charge on any atom is -0.481 e. The average Bonchev–Trinajstić information content (AvgIpc) is 2.69. The summed E-state index contributed by atoms with van der Waals surface area (Å²) in [5.74, 6) is -7.14. The second-order valence-corrected chi connectivity index (χ2v) is 7.83. The minimum absolute atomic E-state index is 0.167. The van der Waals surface area contributed by atoms with Crippen LogP contribution in [0.25, 0.3) is 0 Å². The summed E-state index contributed by atoms with van der Waals surface area (Å²) in [5, 5.41) is 43.2. The number of nitrogens with one attached hydrogen (secondary N) is 3. The van der Waals surface area contributed by atoms with E-state index >= 15 is 0 Å². The van der Waals surface area contributed by atoms with Gasteiger partial charge in [-0.25, -0.2) is 4.79 Å². The fraction of sp³-hybridized carbons (Fsp3) is 0.684. The fourth-order valence-corrected chi connectivity index (χ4v) is 2.64. The quantitative estimate of drug-likeness (QED) is 0.124. The zero-order valence-corrected chi connectivity index (χ0v) is 18.6. The zero-order valence-electron chi connectivity index (χ0n) is 18.6. The van der Waals surface area contributed by atoms with Crippen LogP contribution in [0.15, 0.2) is 0 Å². The van der Waals surface area contributed by atoms with Crippen molar-refractivity contribution in [2.75, 3.05) is 0 Å². The van der Waals surface area contributed by atoms with Crippen molar-refractivity contribution in [1.82, 2.24) is 16.0 Å². The van der Waals surface area contributed by atoms with Crippen LogP contribution in [-0.2, 0) is 28.8 Å². The second-order valence-electron chi connectivity index (χ2n) is 7.83. The molecule has 0 saturated carbocycles.